The van der Waals surface area contributed by atoms with Gasteiger partial charge in [-0.15, -0.1) is 12.4 Å². The molecule has 1 saturated carbocycles. The summed E-state index contributed by atoms with van der Waals surface area (Å²) in [5.74, 6) is 0.931. The van der Waals surface area contributed by atoms with E-state index in [9.17, 15) is 0 Å². The summed E-state index contributed by atoms with van der Waals surface area (Å²) in [4.78, 5) is 8.37. The molecule has 0 saturated heterocycles. The molecule has 1 aliphatic carbocycles. The molecule has 2 heterocycles. The van der Waals surface area contributed by atoms with Crippen LogP contribution in [0.1, 0.15) is 25.7 Å². The largest absolute Gasteiger partial charge is 0.490 e. The SMILES string of the molecule is Cl.NC1CCC(Oc2ccc3cnccc3c2-c2ccncc2)CC1. The summed E-state index contributed by atoms with van der Waals surface area (Å²) in [5, 5.41) is 2.27. The molecule has 0 unspecified atom stereocenters. The summed E-state index contributed by atoms with van der Waals surface area (Å²) < 4.78 is 6.40. The molecule has 1 aromatic carbocycles. The summed E-state index contributed by atoms with van der Waals surface area (Å²) >= 11 is 0. The van der Waals surface area contributed by atoms with Crippen LogP contribution in [0.4, 0.5) is 0 Å². The number of hydrogen-bond acceptors (Lipinski definition) is 4. The average Bonchev–Trinajstić information content (AvgIpc) is 2.64. The van der Waals surface area contributed by atoms with Gasteiger partial charge in [-0.2, -0.15) is 0 Å². The minimum atomic E-state index is 0. The molecule has 2 aromatic heterocycles. The van der Waals surface area contributed by atoms with Crippen molar-refractivity contribution in [3.05, 3.63) is 55.1 Å². The zero-order valence-electron chi connectivity index (χ0n) is 14.0. The predicted molar refractivity (Wildman–Crippen MR) is 103 cm³/mol. The maximum atomic E-state index is 6.40. The molecule has 25 heavy (non-hydrogen) atoms. The number of pyridine rings is 2. The molecular weight excluding hydrogens is 334 g/mol. The Hall–Kier alpha value is -2.17. The van der Waals surface area contributed by atoms with Gasteiger partial charge in [-0.3, -0.25) is 9.97 Å². The molecule has 0 amide bonds. The van der Waals surface area contributed by atoms with Crippen molar-refractivity contribution < 1.29 is 4.74 Å². The Bertz CT molecular complexity index is 833. The minimum Gasteiger partial charge on any atom is -0.490 e. The molecule has 3 aromatic rings. The Labute approximate surface area is 153 Å². The summed E-state index contributed by atoms with van der Waals surface area (Å²) in [5.41, 5.74) is 8.25. The Morgan fingerprint density at radius 3 is 2.36 bits per heavy atom. The second-order valence-corrected chi connectivity index (χ2v) is 6.43. The quantitative estimate of drug-likeness (QED) is 0.757. The number of hydrogen-bond donors (Lipinski definition) is 1. The maximum Gasteiger partial charge on any atom is 0.128 e. The van der Waals surface area contributed by atoms with Crippen LogP contribution in [0.5, 0.6) is 5.75 Å². The van der Waals surface area contributed by atoms with Crippen LogP contribution in [-0.4, -0.2) is 22.1 Å². The molecule has 4 nitrogen and oxygen atoms in total. The topological polar surface area (TPSA) is 61.0 Å². The van der Waals surface area contributed by atoms with Gasteiger partial charge >= 0.3 is 0 Å². The number of aromatic nitrogens is 2. The van der Waals surface area contributed by atoms with E-state index in [2.05, 4.69) is 28.2 Å². The van der Waals surface area contributed by atoms with Gasteiger partial charge in [0, 0.05) is 41.8 Å². The van der Waals surface area contributed by atoms with E-state index < -0.39 is 0 Å². The van der Waals surface area contributed by atoms with E-state index in [0.717, 1.165) is 53.3 Å². The average molecular weight is 356 g/mol. The van der Waals surface area contributed by atoms with E-state index in [1.54, 1.807) is 0 Å². The lowest BCUT2D eigenvalue weighted by Gasteiger charge is -2.28. The summed E-state index contributed by atoms with van der Waals surface area (Å²) in [6, 6.07) is 10.6. The smallest absolute Gasteiger partial charge is 0.128 e. The van der Waals surface area contributed by atoms with Gasteiger partial charge in [-0.05, 0) is 67.0 Å². The normalized spacial score (nSPS) is 20.0. The predicted octanol–water partition coefficient (Wildman–Crippen LogP) is 4.37. The number of nitrogens with zero attached hydrogens (tertiary/aromatic N) is 2. The fourth-order valence-corrected chi connectivity index (χ4v) is 3.45. The molecule has 130 valence electrons. The van der Waals surface area contributed by atoms with E-state index in [1.807, 2.05) is 36.9 Å². The highest BCUT2D eigenvalue weighted by atomic mass is 35.5. The van der Waals surface area contributed by atoms with Gasteiger partial charge in [0.1, 0.15) is 5.75 Å². The first-order valence-electron chi connectivity index (χ1n) is 8.50. The molecule has 2 N–H and O–H groups in total. The zero-order valence-corrected chi connectivity index (χ0v) is 14.8. The van der Waals surface area contributed by atoms with Crippen LogP contribution in [0.3, 0.4) is 0 Å². The van der Waals surface area contributed by atoms with Crippen molar-refractivity contribution in [3.63, 3.8) is 0 Å². The van der Waals surface area contributed by atoms with E-state index in [4.69, 9.17) is 10.5 Å². The second-order valence-electron chi connectivity index (χ2n) is 6.43. The van der Waals surface area contributed by atoms with Crippen LogP contribution in [0.25, 0.3) is 21.9 Å². The highest BCUT2D eigenvalue weighted by molar-refractivity contribution is 5.99. The lowest BCUT2D eigenvalue weighted by Crippen LogP contribution is -2.31. The van der Waals surface area contributed by atoms with Gasteiger partial charge < -0.3 is 10.5 Å². The molecule has 0 radical (unpaired) electrons. The van der Waals surface area contributed by atoms with Crippen molar-refractivity contribution in [1.82, 2.24) is 9.97 Å². The first-order valence-corrected chi connectivity index (χ1v) is 8.50. The van der Waals surface area contributed by atoms with Crippen LogP contribution in [0.15, 0.2) is 55.1 Å². The van der Waals surface area contributed by atoms with Crippen LogP contribution in [-0.2, 0) is 0 Å². The van der Waals surface area contributed by atoms with Crippen LogP contribution >= 0.6 is 12.4 Å². The Morgan fingerprint density at radius 1 is 0.880 bits per heavy atom. The standard InChI is InChI=1S/C20H21N3O.ClH/c21-16-2-4-17(5-3-16)24-19-6-1-15-13-23-12-9-18(15)20(19)14-7-10-22-11-8-14;/h1,6-13,16-17H,2-5,21H2;1H. The van der Waals surface area contributed by atoms with E-state index in [-0.39, 0.29) is 18.5 Å². The van der Waals surface area contributed by atoms with Crippen LogP contribution in [0, 0.1) is 0 Å². The lowest BCUT2D eigenvalue weighted by molar-refractivity contribution is 0.148. The summed E-state index contributed by atoms with van der Waals surface area (Å²) in [6.07, 6.45) is 11.7. The van der Waals surface area contributed by atoms with Crippen molar-refractivity contribution in [2.75, 3.05) is 0 Å². The highest BCUT2D eigenvalue weighted by Crippen LogP contribution is 2.38. The monoisotopic (exact) mass is 355 g/mol. The molecule has 4 rings (SSSR count). The van der Waals surface area contributed by atoms with Crippen LogP contribution in [0.2, 0.25) is 0 Å². The first-order chi connectivity index (χ1) is 11.8. The molecule has 0 spiro atoms. The highest BCUT2D eigenvalue weighted by Gasteiger charge is 2.21. The Balaban J connectivity index is 0.00000182. The van der Waals surface area contributed by atoms with Crippen molar-refractivity contribution in [2.45, 2.75) is 37.8 Å². The number of rotatable bonds is 3. The number of ether oxygens (including phenoxy) is 1. The van der Waals surface area contributed by atoms with Gasteiger partial charge in [-0.1, -0.05) is 0 Å². The third kappa shape index (κ3) is 3.75. The summed E-state index contributed by atoms with van der Waals surface area (Å²) in [6.45, 7) is 0. The van der Waals surface area contributed by atoms with Gasteiger partial charge in [0.2, 0.25) is 0 Å². The van der Waals surface area contributed by atoms with E-state index >= 15 is 0 Å². The third-order valence-electron chi connectivity index (χ3n) is 4.76. The Kier molecular flexibility index (Phi) is 5.51. The maximum absolute atomic E-state index is 6.40. The Morgan fingerprint density at radius 2 is 1.60 bits per heavy atom. The molecule has 0 bridgehead atoms. The summed E-state index contributed by atoms with van der Waals surface area (Å²) in [7, 11) is 0. The zero-order chi connectivity index (χ0) is 16.4. The molecule has 1 aliphatic rings. The van der Waals surface area contributed by atoms with Crippen molar-refractivity contribution in [1.29, 1.82) is 0 Å². The fraction of sp³-hybridized carbons (Fsp3) is 0.300. The van der Waals surface area contributed by atoms with Gasteiger partial charge in [-0.25, -0.2) is 0 Å². The molecule has 1 fully saturated rings. The fourth-order valence-electron chi connectivity index (χ4n) is 3.45. The van der Waals surface area contributed by atoms with Gasteiger partial charge in [0.15, 0.2) is 0 Å². The van der Waals surface area contributed by atoms with Crippen molar-refractivity contribution in [2.24, 2.45) is 5.73 Å². The van der Waals surface area contributed by atoms with E-state index in [1.165, 1.54) is 0 Å². The first kappa shape index (κ1) is 17.6. The second kappa shape index (κ2) is 7.81. The van der Waals surface area contributed by atoms with Crippen molar-refractivity contribution >= 4 is 23.2 Å². The number of fused-ring (bicyclic) bond motifs is 1. The van der Waals surface area contributed by atoms with Crippen LogP contribution < -0.4 is 10.5 Å². The lowest BCUT2D eigenvalue weighted by atomic mass is 9.93. The van der Waals surface area contributed by atoms with Gasteiger partial charge in [0.25, 0.3) is 0 Å². The number of benzene rings is 1. The number of halogens is 1. The molecule has 0 atom stereocenters. The van der Waals surface area contributed by atoms with Gasteiger partial charge in [0.05, 0.1) is 6.10 Å². The van der Waals surface area contributed by atoms with Crippen molar-refractivity contribution in [3.8, 4) is 16.9 Å². The molecular formula is C20H22ClN3O. The molecule has 5 heteroatoms. The molecule has 0 aliphatic heterocycles. The minimum absolute atomic E-state index is 0. The third-order valence-corrected chi connectivity index (χ3v) is 4.76. The number of nitrogens with two attached hydrogens (primary N) is 1. The van der Waals surface area contributed by atoms with E-state index in [0.29, 0.717) is 6.04 Å².